The first-order valence-corrected chi connectivity index (χ1v) is 13.2. The van der Waals surface area contributed by atoms with Crippen molar-refractivity contribution in [3.63, 3.8) is 0 Å². The maximum Gasteiger partial charge on any atom is 0.250 e. The van der Waals surface area contributed by atoms with Crippen molar-refractivity contribution in [2.24, 2.45) is 5.92 Å². The third-order valence-corrected chi connectivity index (χ3v) is 9.33. The lowest BCUT2D eigenvalue weighted by molar-refractivity contribution is -0.128. The predicted molar refractivity (Wildman–Crippen MR) is 143 cm³/mol. The first kappa shape index (κ1) is 23.2. The van der Waals surface area contributed by atoms with Gasteiger partial charge in [-0.25, -0.2) is 0 Å². The summed E-state index contributed by atoms with van der Waals surface area (Å²) in [6.45, 7) is 0.555. The molecule has 0 bridgehead atoms. The van der Waals surface area contributed by atoms with Gasteiger partial charge in [0.25, 0.3) is 0 Å². The van der Waals surface area contributed by atoms with Crippen LogP contribution < -0.4 is 10.6 Å². The minimum absolute atomic E-state index is 0.172. The molecular weight excluding hydrogens is 533 g/mol. The molecule has 4 atom stereocenters. The lowest BCUT2D eigenvalue weighted by Crippen LogP contribution is -2.55. The van der Waals surface area contributed by atoms with Gasteiger partial charge in [-0.2, -0.15) is 0 Å². The molecule has 4 heterocycles. The highest BCUT2D eigenvalue weighted by molar-refractivity contribution is 6.37. The molecule has 186 valence electrons. The minimum atomic E-state index is -1.45. The summed E-state index contributed by atoms with van der Waals surface area (Å²) in [4.78, 5) is 45.3. The summed E-state index contributed by atoms with van der Waals surface area (Å²) in [5, 5.41) is 7.03. The fraction of sp³-hybridized carbons (Fsp3) is 0.250. The molecule has 0 aliphatic carbocycles. The van der Waals surface area contributed by atoms with Crippen molar-refractivity contribution in [3.05, 3.63) is 92.4 Å². The number of hydrogen-bond acceptors (Lipinski definition) is 4. The number of anilines is 2. The highest BCUT2D eigenvalue weighted by atomic mass is 35.5. The number of amides is 2. The van der Waals surface area contributed by atoms with Crippen LogP contribution in [0.3, 0.4) is 0 Å². The standard InChI is InChI=1S/C28H20Cl3N3O3/c29-14-8-10-21-18(12-14)28(26(37)33-21)24(23(35)16-9-7-15(30)13-19(16)31)27(22-6-3-11-34(22)28)17-4-1-2-5-20(17)32-25(27)36/h1-2,4-5,7-10,12-13,22,24H,3,6,11H2,(H,32,36)(H,33,37). The van der Waals surface area contributed by atoms with Crippen molar-refractivity contribution < 1.29 is 14.4 Å². The molecule has 7 rings (SSSR count). The highest BCUT2D eigenvalue weighted by Crippen LogP contribution is 2.66. The van der Waals surface area contributed by atoms with E-state index in [0.29, 0.717) is 39.9 Å². The van der Waals surface area contributed by atoms with Crippen LogP contribution in [-0.2, 0) is 20.5 Å². The van der Waals surface area contributed by atoms with Crippen LogP contribution in [0.4, 0.5) is 11.4 Å². The van der Waals surface area contributed by atoms with Gasteiger partial charge in [-0.1, -0.05) is 53.0 Å². The second-order valence-electron chi connectivity index (χ2n) is 10.1. The maximum absolute atomic E-state index is 14.8. The van der Waals surface area contributed by atoms with Crippen LogP contribution in [0.5, 0.6) is 0 Å². The second-order valence-corrected chi connectivity index (χ2v) is 11.3. The van der Waals surface area contributed by atoms with E-state index < -0.39 is 16.9 Å². The smallest absolute Gasteiger partial charge is 0.250 e. The van der Waals surface area contributed by atoms with E-state index in [1.54, 1.807) is 30.3 Å². The Kier molecular flexibility index (Phi) is 4.90. The van der Waals surface area contributed by atoms with E-state index in [9.17, 15) is 14.4 Å². The number of rotatable bonds is 2. The molecule has 9 heteroatoms. The van der Waals surface area contributed by atoms with Crippen molar-refractivity contribution in [2.45, 2.75) is 29.8 Å². The Morgan fingerprint density at radius 1 is 0.865 bits per heavy atom. The largest absolute Gasteiger partial charge is 0.325 e. The summed E-state index contributed by atoms with van der Waals surface area (Å²) in [6, 6.07) is 16.9. The Balaban J connectivity index is 1.60. The SMILES string of the molecule is O=C(c1ccc(Cl)cc1Cl)C1C2(C(=O)Nc3ccccc32)C2CCCN2C12C(=O)Nc1ccc(Cl)cc12. The molecule has 0 aromatic heterocycles. The summed E-state index contributed by atoms with van der Waals surface area (Å²) in [6.07, 6.45) is 1.44. The number of halogens is 3. The van der Waals surface area contributed by atoms with E-state index in [2.05, 4.69) is 15.5 Å². The van der Waals surface area contributed by atoms with Gasteiger partial charge in [0.2, 0.25) is 11.8 Å². The van der Waals surface area contributed by atoms with Crippen LogP contribution in [0.1, 0.15) is 34.3 Å². The first-order valence-electron chi connectivity index (χ1n) is 12.1. The van der Waals surface area contributed by atoms with E-state index in [-0.39, 0.29) is 34.2 Å². The zero-order valence-electron chi connectivity index (χ0n) is 19.4. The molecule has 4 aliphatic rings. The van der Waals surface area contributed by atoms with E-state index in [1.807, 2.05) is 24.3 Å². The number of nitrogens with one attached hydrogen (secondary N) is 2. The maximum atomic E-state index is 14.8. The van der Waals surface area contributed by atoms with Crippen molar-refractivity contribution in [2.75, 3.05) is 17.2 Å². The number of hydrogen-bond donors (Lipinski definition) is 2. The van der Waals surface area contributed by atoms with Crippen LogP contribution >= 0.6 is 34.8 Å². The molecule has 2 fully saturated rings. The number of ketones is 1. The molecule has 3 aromatic carbocycles. The number of fused-ring (bicyclic) bond motifs is 7. The average molecular weight is 553 g/mol. The fourth-order valence-electron chi connectivity index (χ4n) is 7.36. The number of nitrogens with zero attached hydrogens (tertiary/aromatic N) is 1. The molecule has 2 spiro atoms. The van der Waals surface area contributed by atoms with Crippen LogP contribution in [0.25, 0.3) is 0 Å². The third kappa shape index (κ3) is 2.74. The van der Waals surface area contributed by atoms with E-state index in [0.717, 1.165) is 12.0 Å². The molecule has 6 nitrogen and oxygen atoms in total. The molecule has 2 amide bonds. The predicted octanol–water partition coefficient (Wildman–Crippen LogP) is 5.66. The van der Waals surface area contributed by atoms with E-state index >= 15 is 0 Å². The number of Topliss-reactive ketones (excluding diaryl/α,β-unsaturated/α-hetero) is 1. The summed E-state index contributed by atoms with van der Waals surface area (Å²) in [5.41, 5.74) is 0.0289. The van der Waals surface area contributed by atoms with Gasteiger partial charge < -0.3 is 10.6 Å². The number of para-hydroxylation sites is 1. The van der Waals surface area contributed by atoms with Crippen molar-refractivity contribution in [1.82, 2.24) is 4.90 Å². The van der Waals surface area contributed by atoms with Gasteiger partial charge in [-0.15, -0.1) is 0 Å². The molecular formula is C28H20Cl3N3O3. The minimum Gasteiger partial charge on any atom is -0.325 e. The van der Waals surface area contributed by atoms with Gasteiger partial charge in [0.05, 0.1) is 10.9 Å². The summed E-state index contributed by atoms with van der Waals surface area (Å²) >= 11 is 19.2. The number of carbonyl (C=O) groups excluding carboxylic acids is 3. The van der Waals surface area contributed by atoms with Crippen molar-refractivity contribution in [1.29, 1.82) is 0 Å². The molecule has 4 unspecified atom stereocenters. The summed E-state index contributed by atoms with van der Waals surface area (Å²) < 4.78 is 0. The Hall–Kier alpha value is -2.90. The van der Waals surface area contributed by atoms with Gasteiger partial charge in [-0.05, 0) is 67.4 Å². The molecule has 0 saturated carbocycles. The van der Waals surface area contributed by atoms with Gasteiger partial charge in [0, 0.05) is 38.6 Å². The molecule has 2 saturated heterocycles. The van der Waals surface area contributed by atoms with Crippen LogP contribution in [0.2, 0.25) is 15.1 Å². The Morgan fingerprint density at radius 2 is 1.57 bits per heavy atom. The van der Waals surface area contributed by atoms with Gasteiger partial charge in [0.15, 0.2) is 5.78 Å². The van der Waals surface area contributed by atoms with Crippen molar-refractivity contribution in [3.8, 4) is 0 Å². The monoisotopic (exact) mass is 551 g/mol. The quantitative estimate of drug-likeness (QED) is 0.402. The van der Waals surface area contributed by atoms with Gasteiger partial charge >= 0.3 is 0 Å². The van der Waals surface area contributed by atoms with E-state index in [4.69, 9.17) is 34.8 Å². The summed E-state index contributed by atoms with van der Waals surface area (Å²) in [7, 11) is 0. The molecule has 37 heavy (non-hydrogen) atoms. The number of benzene rings is 3. The first-order chi connectivity index (χ1) is 17.8. The highest BCUT2D eigenvalue weighted by Gasteiger charge is 2.78. The molecule has 2 N–H and O–H groups in total. The topological polar surface area (TPSA) is 78.5 Å². The zero-order chi connectivity index (χ0) is 25.7. The van der Waals surface area contributed by atoms with Crippen LogP contribution in [0.15, 0.2) is 60.7 Å². The normalized spacial score (nSPS) is 29.4. The van der Waals surface area contributed by atoms with Gasteiger partial charge in [-0.3, -0.25) is 19.3 Å². The fourth-order valence-corrected chi connectivity index (χ4v) is 8.04. The average Bonchev–Trinajstić information content (AvgIpc) is 3.58. The lowest BCUT2D eigenvalue weighted by Gasteiger charge is -2.38. The molecule has 4 aliphatic heterocycles. The van der Waals surface area contributed by atoms with Crippen LogP contribution in [-0.4, -0.2) is 35.1 Å². The third-order valence-electron chi connectivity index (χ3n) is 8.55. The summed E-state index contributed by atoms with van der Waals surface area (Å²) in [5.74, 6) is -2.11. The lowest BCUT2D eigenvalue weighted by atomic mass is 9.60. The molecule has 3 aromatic rings. The van der Waals surface area contributed by atoms with Gasteiger partial charge in [0.1, 0.15) is 11.0 Å². The van der Waals surface area contributed by atoms with Crippen LogP contribution in [0, 0.1) is 5.92 Å². The van der Waals surface area contributed by atoms with E-state index in [1.165, 1.54) is 6.07 Å². The number of carbonyl (C=O) groups is 3. The Labute approximate surface area is 227 Å². The molecule has 0 radical (unpaired) electrons. The Bertz CT molecular complexity index is 1560. The zero-order valence-corrected chi connectivity index (χ0v) is 21.6. The Morgan fingerprint density at radius 3 is 2.38 bits per heavy atom. The second kappa shape index (κ2) is 7.81. The van der Waals surface area contributed by atoms with Crippen molar-refractivity contribution >= 4 is 63.8 Å².